The molecular formula is C27H38N8O8S. The predicted octanol–water partition coefficient (Wildman–Crippen LogP) is -2.83. The van der Waals surface area contributed by atoms with Crippen molar-refractivity contribution in [1.82, 2.24) is 31.2 Å². The largest absolute Gasteiger partial charge is 0.480 e. The van der Waals surface area contributed by atoms with Crippen molar-refractivity contribution in [3.05, 3.63) is 54.1 Å². The van der Waals surface area contributed by atoms with Gasteiger partial charge in [-0.15, -0.1) is 0 Å². The SMILES string of the molecule is CSCC[C@H](NC(=O)[C@H](Cc1ccccc1)NC(=O)[C@H](CC(N)=O)NC(=O)[C@@H](N)CO)C(=O)N[C@@H](Cc1cnc[nH]1)C(=O)O. The number of carbonyl (C=O) groups excluding carboxylic acids is 5. The number of amides is 5. The van der Waals surface area contributed by atoms with Crippen LogP contribution in [0.4, 0.5) is 0 Å². The molecule has 2 rings (SSSR count). The molecule has 0 saturated carbocycles. The molecule has 0 aliphatic rings. The summed E-state index contributed by atoms with van der Waals surface area (Å²) in [5.74, 6) is -5.17. The van der Waals surface area contributed by atoms with Crippen LogP contribution in [-0.2, 0) is 41.6 Å². The molecule has 0 spiro atoms. The van der Waals surface area contributed by atoms with E-state index in [-0.39, 0.29) is 19.3 Å². The van der Waals surface area contributed by atoms with Gasteiger partial charge in [0.2, 0.25) is 29.5 Å². The zero-order valence-corrected chi connectivity index (χ0v) is 24.8. The summed E-state index contributed by atoms with van der Waals surface area (Å²) in [6.07, 6.45) is 3.99. The zero-order chi connectivity index (χ0) is 32.6. The summed E-state index contributed by atoms with van der Waals surface area (Å²) in [5.41, 5.74) is 11.9. The van der Waals surface area contributed by atoms with E-state index in [4.69, 9.17) is 16.6 Å². The van der Waals surface area contributed by atoms with Crippen molar-refractivity contribution in [3.8, 4) is 0 Å². The van der Waals surface area contributed by atoms with Crippen molar-refractivity contribution in [1.29, 1.82) is 0 Å². The fourth-order valence-electron chi connectivity index (χ4n) is 3.97. The third-order valence-corrected chi connectivity index (χ3v) is 6.97. The third kappa shape index (κ3) is 12.0. The van der Waals surface area contributed by atoms with Gasteiger partial charge in [-0.3, -0.25) is 24.0 Å². The second-order valence-corrected chi connectivity index (χ2v) is 10.8. The molecule has 1 aromatic carbocycles. The number of imidazole rings is 1. The lowest BCUT2D eigenvalue weighted by atomic mass is 10.0. The Labute approximate surface area is 257 Å². The monoisotopic (exact) mass is 634 g/mol. The molecule has 0 radical (unpaired) electrons. The molecule has 0 bridgehead atoms. The number of hydrogen-bond donors (Lipinski definition) is 9. The second-order valence-electron chi connectivity index (χ2n) is 9.79. The molecule has 2 aromatic rings. The van der Waals surface area contributed by atoms with Crippen LogP contribution in [0.25, 0.3) is 0 Å². The number of nitrogens with two attached hydrogens (primary N) is 2. The Morgan fingerprint density at radius 3 is 2.05 bits per heavy atom. The number of carbonyl (C=O) groups is 6. The van der Waals surface area contributed by atoms with Gasteiger partial charge < -0.3 is 47.9 Å². The molecule has 0 unspecified atom stereocenters. The molecule has 0 aliphatic heterocycles. The quantitative estimate of drug-likeness (QED) is 0.0759. The third-order valence-electron chi connectivity index (χ3n) is 6.32. The first-order chi connectivity index (χ1) is 20.9. The molecule has 11 N–H and O–H groups in total. The first kappa shape index (κ1) is 35.7. The van der Waals surface area contributed by atoms with Gasteiger partial charge in [0.1, 0.15) is 30.2 Å². The van der Waals surface area contributed by atoms with Gasteiger partial charge in [-0.25, -0.2) is 9.78 Å². The van der Waals surface area contributed by atoms with Gasteiger partial charge in [-0.05, 0) is 24.0 Å². The normalized spacial score (nSPS) is 14.2. The number of aliphatic hydroxyl groups is 1. The number of carboxylic acids is 1. The minimum absolute atomic E-state index is 0.0414. The molecule has 17 heteroatoms. The molecule has 0 fully saturated rings. The van der Waals surface area contributed by atoms with Crippen molar-refractivity contribution in [3.63, 3.8) is 0 Å². The molecule has 0 aliphatic carbocycles. The van der Waals surface area contributed by atoms with Gasteiger partial charge in [0.05, 0.1) is 19.4 Å². The number of thioether (sulfide) groups is 1. The predicted molar refractivity (Wildman–Crippen MR) is 160 cm³/mol. The number of aromatic amines is 1. The summed E-state index contributed by atoms with van der Waals surface area (Å²) in [6.45, 7) is -0.722. The van der Waals surface area contributed by atoms with E-state index in [9.17, 15) is 33.9 Å². The number of primary amides is 1. The molecule has 0 saturated heterocycles. The van der Waals surface area contributed by atoms with E-state index in [1.54, 1.807) is 36.6 Å². The van der Waals surface area contributed by atoms with E-state index in [1.165, 1.54) is 24.3 Å². The lowest BCUT2D eigenvalue weighted by molar-refractivity contribution is -0.142. The summed E-state index contributed by atoms with van der Waals surface area (Å²) in [4.78, 5) is 82.4. The van der Waals surface area contributed by atoms with Crippen LogP contribution in [0.15, 0.2) is 42.9 Å². The molecular weight excluding hydrogens is 596 g/mol. The van der Waals surface area contributed by atoms with Crippen molar-refractivity contribution in [2.45, 2.75) is 55.9 Å². The number of aromatic nitrogens is 2. The number of aliphatic hydroxyl groups excluding tert-OH is 1. The highest BCUT2D eigenvalue weighted by Gasteiger charge is 2.32. The van der Waals surface area contributed by atoms with Crippen LogP contribution >= 0.6 is 11.8 Å². The summed E-state index contributed by atoms with van der Waals surface area (Å²) in [7, 11) is 0. The smallest absolute Gasteiger partial charge is 0.326 e. The van der Waals surface area contributed by atoms with Crippen LogP contribution in [0, 0.1) is 0 Å². The molecule has 5 atom stereocenters. The number of aliphatic carboxylic acids is 1. The Hall–Kier alpha value is -4.48. The van der Waals surface area contributed by atoms with E-state index in [0.717, 1.165) is 0 Å². The number of H-pyrrole nitrogens is 1. The summed E-state index contributed by atoms with van der Waals surface area (Å²) in [6, 6.07) is 1.94. The van der Waals surface area contributed by atoms with Crippen molar-refractivity contribution in [2.75, 3.05) is 18.6 Å². The minimum Gasteiger partial charge on any atom is -0.480 e. The highest BCUT2D eigenvalue weighted by molar-refractivity contribution is 7.98. The van der Waals surface area contributed by atoms with Crippen LogP contribution in [0.2, 0.25) is 0 Å². The van der Waals surface area contributed by atoms with E-state index in [2.05, 4.69) is 31.2 Å². The standard InChI is InChI=1S/C27H38N8O8S/c1-44-8-7-18(24(39)35-21(27(42)43)10-16-12-30-14-31-16)32-25(40)19(9-15-5-3-2-4-6-15)34-26(41)20(11-22(29)37)33-23(38)17(28)13-36/h2-6,12,14,17-21,36H,7-11,13,28H2,1H3,(H2,29,37)(H,30,31)(H,32,40)(H,33,38)(H,34,41)(H,35,39)(H,42,43)/t17-,18-,19-,20-,21-/m0/s1. The summed E-state index contributed by atoms with van der Waals surface area (Å²) in [5, 5.41) is 28.6. The van der Waals surface area contributed by atoms with Crippen molar-refractivity contribution < 1.29 is 39.0 Å². The summed E-state index contributed by atoms with van der Waals surface area (Å²) < 4.78 is 0. The van der Waals surface area contributed by atoms with Crippen molar-refractivity contribution in [2.24, 2.45) is 11.5 Å². The molecule has 240 valence electrons. The van der Waals surface area contributed by atoms with Gasteiger partial charge in [-0.1, -0.05) is 30.3 Å². The van der Waals surface area contributed by atoms with Crippen LogP contribution in [0.3, 0.4) is 0 Å². The highest BCUT2D eigenvalue weighted by atomic mass is 32.2. The van der Waals surface area contributed by atoms with Crippen LogP contribution in [0.1, 0.15) is 24.1 Å². The Morgan fingerprint density at radius 2 is 1.48 bits per heavy atom. The first-order valence-corrected chi connectivity index (χ1v) is 14.9. The van der Waals surface area contributed by atoms with Gasteiger partial charge >= 0.3 is 5.97 Å². The Bertz CT molecular complexity index is 1260. The fourth-order valence-corrected chi connectivity index (χ4v) is 4.44. The van der Waals surface area contributed by atoms with Gasteiger partial charge in [0.25, 0.3) is 0 Å². The Morgan fingerprint density at radius 1 is 0.886 bits per heavy atom. The Kier molecular flexibility index (Phi) is 14.8. The van der Waals surface area contributed by atoms with E-state index >= 15 is 0 Å². The number of nitrogens with zero attached hydrogens (tertiary/aromatic N) is 1. The topological polar surface area (TPSA) is 272 Å². The van der Waals surface area contributed by atoms with E-state index < -0.39 is 78.7 Å². The minimum atomic E-state index is -1.52. The summed E-state index contributed by atoms with van der Waals surface area (Å²) >= 11 is 1.40. The number of carboxylic acid groups (broad SMARTS) is 1. The molecule has 1 aromatic heterocycles. The van der Waals surface area contributed by atoms with Crippen molar-refractivity contribution >= 4 is 47.3 Å². The number of rotatable bonds is 19. The van der Waals surface area contributed by atoms with Gasteiger partial charge in [0, 0.05) is 24.7 Å². The van der Waals surface area contributed by atoms with E-state index in [1.807, 2.05) is 0 Å². The maximum Gasteiger partial charge on any atom is 0.326 e. The molecule has 5 amide bonds. The zero-order valence-electron chi connectivity index (χ0n) is 24.0. The average Bonchev–Trinajstić information content (AvgIpc) is 3.51. The first-order valence-electron chi connectivity index (χ1n) is 13.5. The number of nitrogens with one attached hydrogen (secondary N) is 5. The lowest BCUT2D eigenvalue weighted by Crippen LogP contribution is -2.59. The molecule has 44 heavy (non-hydrogen) atoms. The van der Waals surface area contributed by atoms with Crippen LogP contribution in [-0.4, -0.2) is 105 Å². The average molecular weight is 635 g/mol. The second kappa shape index (κ2) is 18.2. The number of benzene rings is 1. The molecule has 1 heterocycles. The maximum absolute atomic E-state index is 13.6. The lowest BCUT2D eigenvalue weighted by Gasteiger charge is -2.26. The number of hydrogen-bond acceptors (Lipinski definition) is 10. The highest BCUT2D eigenvalue weighted by Crippen LogP contribution is 2.08. The fraction of sp³-hybridized carbons (Fsp3) is 0.444. The maximum atomic E-state index is 13.6. The molecule has 16 nitrogen and oxygen atoms in total. The Balaban J connectivity index is 2.28. The van der Waals surface area contributed by atoms with Gasteiger partial charge in [-0.2, -0.15) is 11.8 Å². The van der Waals surface area contributed by atoms with E-state index in [0.29, 0.717) is 17.0 Å². The van der Waals surface area contributed by atoms with Crippen LogP contribution < -0.4 is 32.7 Å². The van der Waals surface area contributed by atoms with Gasteiger partial charge in [0.15, 0.2) is 0 Å². The van der Waals surface area contributed by atoms with Crippen LogP contribution in [0.5, 0.6) is 0 Å².